The number of nitrogens with zero attached hydrogens (tertiary/aromatic N) is 1. The topological polar surface area (TPSA) is 85.1 Å². The lowest BCUT2D eigenvalue weighted by atomic mass is 10.2. The van der Waals surface area contributed by atoms with E-state index in [0.29, 0.717) is 12.2 Å². The number of para-hydroxylation sites is 1. The number of sulfone groups is 1. The Labute approximate surface area is 116 Å². The molecule has 0 bridgehead atoms. The summed E-state index contributed by atoms with van der Waals surface area (Å²) in [5.41, 5.74) is 6.78. The number of aromatic nitrogens is 1. The van der Waals surface area contributed by atoms with Crippen LogP contribution in [-0.4, -0.2) is 26.2 Å². The smallest absolute Gasteiger partial charge is 0.177 e. The lowest BCUT2D eigenvalue weighted by Gasteiger charge is -2.11. The molecule has 0 aliphatic rings. The number of nitrogen functional groups attached to an aromatic ring is 1. The van der Waals surface area contributed by atoms with E-state index >= 15 is 0 Å². The van der Waals surface area contributed by atoms with E-state index in [1.165, 1.54) is 6.07 Å². The van der Waals surface area contributed by atoms with Crippen LogP contribution in [0.5, 0.6) is 0 Å². The van der Waals surface area contributed by atoms with Gasteiger partial charge in [0.15, 0.2) is 9.84 Å². The zero-order valence-corrected chi connectivity index (χ0v) is 12.1. The number of anilines is 2. The number of thiazole rings is 1. The van der Waals surface area contributed by atoms with Crippen molar-refractivity contribution < 1.29 is 8.42 Å². The summed E-state index contributed by atoms with van der Waals surface area (Å²) in [7, 11) is -3.30. The highest BCUT2D eigenvalue weighted by molar-refractivity contribution is 7.90. The van der Waals surface area contributed by atoms with Gasteiger partial charge < -0.3 is 11.1 Å². The molecule has 19 heavy (non-hydrogen) atoms. The Morgan fingerprint density at radius 3 is 2.84 bits per heavy atom. The fourth-order valence-corrected chi connectivity index (χ4v) is 3.16. The molecule has 0 fully saturated rings. The first kappa shape index (κ1) is 13.8. The molecule has 0 atom stereocenters. The Balaban J connectivity index is 2.09. The molecule has 5 nitrogen and oxygen atoms in total. The van der Waals surface area contributed by atoms with Crippen molar-refractivity contribution in [1.82, 2.24) is 4.98 Å². The minimum atomic E-state index is -3.30. The molecule has 2 rings (SSSR count). The molecule has 7 heteroatoms. The van der Waals surface area contributed by atoms with Crippen LogP contribution in [0.4, 0.5) is 11.4 Å². The second-order valence-corrected chi connectivity index (χ2v) is 7.06. The van der Waals surface area contributed by atoms with E-state index in [0.717, 1.165) is 17.7 Å². The fourth-order valence-electron chi connectivity index (χ4n) is 1.70. The second kappa shape index (κ2) is 5.58. The average Bonchev–Trinajstić information content (AvgIpc) is 2.83. The number of nitrogens with two attached hydrogens (primary N) is 1. The van der Waals surface area contributed by atoms with E-state index in [-0.39, 0.29) is 10.6 Å². The molecule has 0 radical (unpaired) electrons. The van der Waals surface area contributed by atoms with E-state index in [1.54, 1.807) is 29.7 Å². The van der Waals surface area contributed by atoms with Gasteiger partial charge in [0.05, 0.1) is 21.3 Å². The minimum absolute atomic E-state index is 0.159. The van der Waals surface area contributed by atoms with Crippen molar-refractivity contribution >= 4 is 32.5 Å². The van der Waals surface area contributed by atoms with E-state index in [4.69, 9.17) is 5.73 Å². The van der Waals surface area contributed by atoms with E-state index in [9.17, 15) is 8.42 Å². The first-order valence-electron chi connectivity index (χ1n) is 5.69. The third-order valence-electron chi connectivity index (χ3n) is 2.60. The van der Waals surface area contributed by atoms with Crippen LogP contribution in [-0.2, 0) is 16.3 Å². The van der Waals surface area contributed by atoms with E-state index < -0.39 is 9.84 Å². The highest BCUT2D eigenvalue weighted by Gasteiger charge is 2.13. The van der Waals surface area contributed by atoms with Crippen LogP contribution in [0.15, 0.2) is 34.7 Å². The largest absolute Gasteiger partial charge is 0.396 e. The van der Waals surface area contributed by atoms with Crippen molar-refractivity contribution in [2.24, 2.45) is 0 Å². The Hall–Kier alpha value is -1.60. The zero-order chi connectivity index (χ0) is 13.9. The summed E-state index contributed by atoms with van der Waals surface area (Å²) in [6.45, 7) is 0.658. The van der Waals surface area contributed by atoms with Gasteiger partial charge in [-0.25, -0.2) is 13.4 Å². The highest BCUT2D eigenvalue weighted by Crippen LogP contribution is 2.26. The molecule has 0 amide bonds. The normalized spacial score (nSPS) is 11.4. The molecule has 1 aromatic heterocycles. The average molecular weight is 297 g/mol. The summed E-state index contributed by atoms with van der Waals surface area (Å²) in [6.07, 6.45) is 3.69. The highest BCUT2D eigenvalue weighted by atomic mass is 32.2. The van der Waals surface area contributed by atoms with Crippen LogP contribution in [0.3, 0.4) is 0 Å². The molecule has 1 aromatic carbocycles. The van der Waals surface area contributed by atoms with Gasteiger partial charge in [-0.05, 0) is 12.1 Å². The van der Waals surface area contributed by atoms with Crippen LogP contribution in [0, 0.1) is 0 Å². The van der Waals surface area contributed by atoms with Gasteiger partial charge in [-0.15, -0.1) is 11.3 Å². The van der Waals surface area contributed by atoms with Crippen LogP contribution in [0.2, 0.25) is 0 Å². The summed E-state index contributed by atoms with van der Waals surface area (Å²) >= 11 is 1.59. The molecule has 2 aromatic rings. The van der Waals surface area contributed by atoms with Crippen molar-refractivity contribution in [3.8, 4) is 0 Å². The summed E-state index contributed by atoms with van der Waals surface area (Å²) in [5.74, 6) is 0. The summed E-state index contributed by atoms with van der Waals surface area (Å²) in [6, 6.07) is 4.96. The Morgan fingerprint density at radius 1 is 1.42 bits per heavy atom. The SMILES string of the molecule is CS(=O)(=O)c1cccc(NCCc2nccs2)c1N. The number of hydrogen-bond acceptors (Lipinski definition) is 6. The van der Waals surface area contributed by atoms with E-state index in [2.05, 4.69) is 10.3 Å². The van der Waals surface area contributed by atoms with Crippen molar-refractivity contribution in [2.75, 3.05) is 23.9 Å². The standard InChI is InChI=1S/C12H15N3O2S2/c1-19(16,17)10-4-2-3-9(12(10)13)14-6-5-11-15-7-8-18-11/h2-4,7-8,14H,5-6,13H2,1H3. The zero-order valence-electron chi connectivity index (χ0n) is 10.5. The molecule has 102 valence electrons. The molecular weight excluding hydrogens is 282 g/mol. The van der Waals surface area contributed by atoms with Gasteiger partial charge in [-0.2, -0.15) is 0 Å². The molecule has 0 unspecified atom stereocenters. The summed E-state index contributed by atoms with van der Waals surface area (Å²) in [4.78, 5) is 4.34. The molecule has 0 saturated heterocycles. The summed E-state index contributed by atoms with van der Waals surface area (Å²) < 4.78 is 23.1. The molecule has 0 spiro atoms. The monoisotopic (exact) mass is 297 g/mol. The molecule has 0 aliphatic heterocycles. The van der Waals surface area contributed by atoms with Gasteiger partial charge in [0, 0.05) is 30.8 Å². The Morgan fingerprint density at radius 2 is 2.21 bits per heavy atom. The summed E-state index contributed by atoms with van der Waals surface area (Å²) in [5, 5.41) is 6.10. The van der Waals surface area contributed by atoms with Crippen LogP contribution in [0.25, 0.3) is 0 Å². The number of rotatable bonds is 5. The molecule has 0 aliphatic carbocycles. The third kappa shape index (κ3) is 3.45. The third-order valence-corrected chi connectivity index (χ3v) is 4.60. The van der Waals surface area contributed by atoms with Gasteiger partial charge in [0.2, 0.25) is 0 Å². The molecule has 0 saturated carbocycles. The Kier molecular flexibility index (Phi) is 4.06. The van der Waals surface area contributed by atoms with E-state index in [1.807, 2.05) is 5.38 Å². The van der Waals surface area contributed by atoms with Gasteiger partial charge in [0.25, 0.3) is 0 Å². The Bertz CT molecular complexity index is 652. The van der Waals surface area contributed by atoms with Crippen LogP contribution >= 0.6 is 11.3 Å². The maximum atomic E-state index is 11.6. The van der Waals surface area contributed by atoms with Gasteiger partial charge >= 0.3 is 0 Å². The number of nitrogens with one attached hydrogen (secondary N) is 1. The maximum absolute atomic E-state index is 11.6. The van der Waals surface area contributed by atoms with Crippen LogP contribution < -0.4 is 11.1 Å². The number of hydrogen-bond donors (Lipinski definition) is 2. The molecular formula is C12H15N3O2S2. The molecule has 3 N–H and O–H groups in total. The van der Waals surface area contributed by atoms with Crippen molar-refractivity contribution in [2.45, 2.75) is 11.3 Å². The van der Waals surface area contributed by atoms with Gasteiger partial charge in [-0.3, -0.25) is 0 Å². The van der Waals surface area contributed by atoms with Gasteiger partial charge in [0.1, 0.15) is 0 Å². The molecule has 1 heterocycles. The van der Waals surface area contributed by atoms with Gasteiger partial charge in [-0.1, -0.05) is 6.07 Å². The first-order valence-corrected chi connectivity index (χ1v) is 8.46. The fraction of sp³-hybridized carbons (Fsp3) is 0.250. The van der Waals surface area contributed by atoms with Crippen molar-refractivity contribution in [3.63, 3.8) is 0 Å². The second-order valence-electron chi connectivity index (χ2n) is 4.09. The first-order chi connectivity index (χ1) is 8.98. The van der Waals surface area contributed by atoms with Crippen LogP contribution in [0.1, 0.15) is 5.01 Å². The predicted octanol–water partition coefficient (Wildman–Crippen LogP) is 1.78. The number of benzene rings is 1. The maximum Gasteiger partial charge on any atom is 0.177 e. The van der Waals surface area contributed by atoms with Crippen molar-refractivity contribution in [1.29, 1.82) is 0 Å². The lowest BCUT2D eigenvalue weighted by Crippen LogP contribution is -2.09. The lowest BCUT2D eigenvalue weighted by molar-refractivity contribution is 0.602. The minimum Gasteiger partial charge on any atom is -0.396 e. The quantitative estimate of drug-likeness (QED) is 0.822. The van der Waals surface area contributed by atoms with Crippen molar-refractivity contribution in [3.05, 3.63) is 34.8 Å². The predicted molar refractivity (Wildman–Crippen MR) is 78.3 cm³/mol.